The number of rotatable bonds is 6. The van der Waals surface area contributed by atoms with Gasteiger partial charge in [-0.2, -0.15) is 0 Å². The summed E-state index contributed by atoms with van der Waals surface area (Å²) in [6, 6.07) is 1.52. The van der Waals surface area contributed by atoms with Crippen LogP contribution in [0.1, 0.15) is 78.6 Å². The fraction of sp³-hybridized carbons (Fsp3) is 1.00. The van der Waals surface area contributed by atoms with Crippen LogP contribution in [0.25, 0.3) is 0 Å². The number of likely N-dealkylation sites (tertiary alicyclic amines) is 1. The highest BCUT2D eigenvalue weighted by atomic mass is 15.2. The number of hydrogen-bond donors (Lipinski definition) is 1. The third kappa shape index (κ3) is 4.21. The highest BCUT2D eigenvalue weighted by Gasteiger charge is 2.32. The maximum Gasteiger partial charge on any atom is 0.0192 e. The van der Waals surface area contributed by atoms with Gasteiger partial charge in [-0.05, 0) is 51.1 Å². The Morgan fingerprint density at radius 1 is 1.05 bits per heavy atom. The lowest BCUT2D eigenvalue weighted by atomic mass is 9.74. The van der Waals surface area contributed by atoms with E-state index in [2.05, 4.69) is 31.0 Å². The Hall–Kier alpha value is -0.0800. The van der Waals surface area contributed by atoms with E-state index in [-0.39, 0.29) is 0 Å². The summed E-state index contributed by atoms with van der Waals surface area (Å²) in [5.41, 5.74) is 0.660. The molecular weight excluding hydrogens is 244 g/mol. The van der Waals surface area contributed by atoms with Gasteiger partial charge in [0.2, 0.25) is 0 Å². The zero-order valence-corrected chi connectivity index (χ0v) is 14.1. The third-order valence-electron chi connectivity index (χ3n) is 6.29. The first-order chi connectivity index (χ1) is 9.69. The van der Waals surface area contributed by atoms with Crippen molar-refractivity contribution < 1.29 is 0 Å². The summed E-state index contributed by atoms with van der Waals surface area (Å²) in [4.78, 5) is 2.72. The van der Waals surface area contributed by atoms with E-state index in [1.54, 1.807) is 0 Å². The largest absolute Gasteiger partial charge is 0.312 e. The third-order valence-corrected chi connectivity index (χ3v) is 6.29. The molecule has 20 heavy (non-hydrogen) atoms. The minimum absolute atomic E-state index is 0.660. The molecule has 1 N–H and O–H groups in total. The highest BCUT2D eigenvalue weighted by Crippen LogP contribution is 2.38. The lowest BCUT2D eigenvalue weighted by Gasteiger charge is -2.43. The SMILES string of the molecule is CCC1(CC)CCN(C(C)CNC2CCCCC2)CC1. The van der Waals surface area contributed by atoms with Crippen molar-refractivity contribution >= 4 is 0 Å². The summed E-state index contributed by atoms with van der Waals surface area (Å²) in [7, 11) is 0. The van der Waals surface area contributed by atoms with Crippen LogP contribution < -0.4 is 5.32 Å². The van der Waals surface area contributed by atoms with E-state index in [4.69, 9.17) is 0 Å². The lowest BCUT2D eigenvalue weighted by Crippen LogP contribution is -2.48. The molecule has 0 aromatic carbocycles. The smallest absolute Gasteiger partial charge is 0.0192 e. The van der Waals surface area contributed by atoms with Crippen molar-refractivity contribution in [1.29, 1.82) is 0 Å². The molecule has 0 bridgehead atoms. The van der Waals surface area contributed by atoms with Crippen molar-refractivity contribution in [3.8, 4) is 0 Å². The zero-order chi connectivity index (χ0) is 14.4. The van der Waals surface area contributed by atoms with Gasteiger partial charge in [0.15, 0.2) is 0 Å². The molecule has 2 aliphatic rings. The van der Waals surface area contributed by atoms with Gasteiger partial charge in [0.25, 0.3) is 0 Å². The number of nitrogens with zero attached hydrogens (tertiary/aromatic N) is 1. The van der Waals surface area contributed by atoms with Crippen LogP contribution in [0.2, 0.25) is 0 Å². The van der Waals surface area contributed by atoms with E-state index in [1.165, 1.54) is 77.4 Å². The maximum atomic E-state index is 3.83. The van der Waals surface area contributed by atoms with Crippen LogP contribution in [0.4, 0.5) is 0 Å². The summed E-state index contributed by atoms with van der Waals surface area (Å²) in [5, 5.41) is 3.83. The molecule has 0 radical (unpaired) electrons. The normalized spacial score (nSPS) is 26.6. The molecule has 0 aromatic heterocycles. The van der Waals surface area contributed by atoms with Crippen LogP contribution in [0.5, 0.6) is 0 Å². The van der Waals surface area contributed by atoms with Gasteiger partial charge in [-0.15, -0.1) is 0 Å². The van der Waals surface area contributed by atoms with Crippen molar-refractivity contribution in [2.24, 2.45) is 5.41 Å². The molecule has 1 heterocycles. The van der Waals surface area contributed by atoms with Gasteiger partial charge in [0.05, 0.1) is 0 Å². The quantitative estimate of drug-likeness (QED) is 0.784. The Kier molecular flexibility index (Phi) is 6.35. The summed E-state index contributed by atoms with van der Waals surface area (Å²) >= 11 is 0. The molecule has 1 unspecified atom stereocenters. The summed E-state index contributed by atoms with van der Waals surface area (Å²) in [5.74, 6) is 0. The minimum atomic E-state index is 0.660. The molecule has 2 heteroatoms. The monoisotopic (exact) mass is 280 g/mol. The standard InChI is InChI=1S/C18H36N2/c1-4-18(5-2)11-13-20(14-12-18)16(3)15-19-17-9-7-6-8-10-17/h16-17,19H,4-15H2,1-3H3. The minimum Gasteiger partial charge on any atom is -0.312 e. The van der Waals surface area contributed by atoms with Crippen molar-refractivity contribution in [3.05, 3.63) is 0 Å². The van der Waals surface area contributed by atoms with Crippen molar-refractivity contribution in [1.82, 2.24) is 10.2 Å². The number of nitrogens with one attached hydrogen (secondary N) is 1. The van der Waals surface area contributed by atoms with Crippen molar-refractivity contribution in [2.75, 3.05) is 19.6 Å². The molecule has 1 aliphatic carbocycles. The number of piperidine rings is 1. The van der Waals surface area contributed by atoms with Crippen molar-refractivity contribution in [3.63, 3.8) is 0 Å². The van der Waals surface area contributed by atoms with E-state index in [0.717, 1.165) is 6.04 Å². The van der Waals surface area contributed by atoms with Gasteiger partial charge in [-0.1, -0.05) is 46.0 Å². The molecule has 2 fully saturated rings. The van der Waals surface area contributed by atoms with Gasteiger partial charge < -0.3 is 5.32 Å². The van der Waals surface area contributed by atoms with Gasteiger partial charge in [0, 0.05) is 18.6 Å². The van der Waals surface area contributed by atoms with E-state index in [1.807, 2.05) is 0 Å². The fourth-order valence-corrected chi connectivity index (χ4v) is 4.17. The first kappa shape index (κ1) is 16.3. The Labute approximate surface area is 126 Å². The Morgan fingerprint density at radius 2 is 1.65 bits per heavy atom. The molecule has 1 saturated carbocycles. The van der Waals surface area contributed by atoms with E-state index >= 15 is 0 Å². The summed E-state index contributed by atoms with van der Waals surface area (Å²) in [6.45, 7) is 11.0. The lowest BCUT2D eigenvalue weighted by molar-refractivity contribution is 0.0696. The molecular formula is C18H36N2. The molecule has 1 saturated heterocycles. The predicted octanol–water partition coefficient (Wildman–Crippen LogP) is 4.20. The van der Waals surface area contributed by atoms with Crippen molar-refractivity contribution in [2.45, 2.75) is 90.6 Å². The Morgan fingerprint density at radius 3 is 2.20 bits per heavy atom. The average molecular weight is 280 g/mol. The van der Waals surface area contributed by atoms with Gasteiger partial charge >= 0.3 is 0 Å². The highest BCUT2D eigenvalue weighted by molar-refractivity contribution is 4.86. The first-order valence-corrected chi connectivity index (χ1v) is 9.16. The first-order valence-electron chi connectivity index (χ1n) is 9.16. The van der Waals surface area contributed by atoms with E-state index < -0.39 is 0 Å². The second kappa shape index (κ2) is 7.79. The van der Waals surface area contributed by atoms with Crippen LogP contribution in [0.3, 0.4) is 0 Å². The van der Waals surface area contributed by atoms with Gasteiger partial charge in [0.1, 0.15) is 0 Å². The molecule has 0 aromatic rings. The molecule has 0 amide bonds. The predicted molar refractivity (Wildman–Crippen MR) is 88.2 cm³/mol. The van der Waals surface area contributed by atoms with Crippen LogP contribution in [0.15, 0.2) is 0 Å². The molecule has 2 rings (SSSR count). The van der Waals surface area contributed by atoms with Gasteiger partial charge in [-0.3, -0.25) is 4.90 Å². The van der Waals surface area contributed by atoms with Gasteiger partial charge in [-0.25, -0.2) is 0 Å². The maximum absolute atomic E-state index is 3.83. The second-order valence-electron chi connectivity index (χ2n) is 7.34. The topological polar surface area (TPSA) is 15.3 Å². The average Bonchev–Trinajstić information content (AvgIpc) is 2.53. The summed E-state index contributed by atoms with van der Waals surface area (Å²) < 4.78 is 0. The van der Waals surface area contributed by atoms with E-state index in [0.29, 0.717) is 11.5 Å². The molecule has 2 nitrogen and oxygen atoms in total. The molecule has 118 valence electrons. The van der Waals surface area contributed by atoms with Crippen LogP contribution >= 0.6 is 0 Å². The molecule has 1 atom stereocenters. The Balaban J connectivity index is 1.70. The summed E-state index contributed by atoms with van der Waals surface area (Å²) in [6.07, 6.45) is 12.7. The number of hydrogen-bond acceptors (Lipinski definition) is 2. The van der Waals surface area contributed by atoms with Crippen LogP contribution in [-0.2, 0) is 0 Å². The second-order valence-corrected chi connectivity index (χ2v) is 7.34. The molecule has 0 spiro atoms. The zero-order valence-electron chi connectivity index (χ0n) is 14.1. The Bertz CT molecular complexity index is 257. The fourth-order valence-electron chi connectivity index (χ4n) is 4.17. The van der Waals surface area contributed by atoms with Crippen LogP contribution in [0, 0.1) is 5.41 Å². The van der Waals surface area contributed by atoms with E-state index in [9.17, 15) is 0 Å². The van der Waals surface area contributed by atoms with Crippen LogP contribution in [-0.4, -0.2) is 36.6 Å². The molecule has 1 aliphatic heterocycles.